The van der Waals surface area contributed by atoms with Gasteiger partial charge in [0.1, 0.15) is 17.8 Å². The van der Waals surface area contributed by atoms with Crippen LogP contribution in [0, 0.1) is 22.7 Å². The maximum atomic E-state index is 12.7. The van der Waals surface area contributed by atoms with E-state index in [0.29, 0.717) is 6.42 Å². The Morgan fingerprint density at radius 3 is 2.47 bits per heavy atom. The molecule has 0 spiro atoms. The molecule has 2 saturated heterocycles. The zero-order valence-corrected chi connectivity index (χ0v) is 18.6. The lowest BCUT2D eigenvalue weighted by Crippen LogP contribution is -2.65. The van der Waals surface area contributed by atoms with E-state index in [-0.39, 0.29) is 36.8 Å². The molecule has 4 aliphatic rings. The summed E-state index contributed by atoms with van der Waals surface area (Å²) < 4.78 is 21.7. The highest BCUT2D eigenvalue weighted by molar-refractivity contribution is 5.80. The average Bonchev–Trinajstić information content (AvgIpc) is 3.10. The highest BCUT2D eigenvalue weighted by Crippen LogP contribution is 2.67. The van der Waals surface area contributed by atoms with Gasteiger partial charge in [-0.1, -0.05) is 20.3 Å². The minimum atomic E-state index is -1.71. The molecule has 0 aromatic rings. The number of esters is 1. The fourth-order valence-electron chi connectivity index (χ4n) is 7.32. The molecule has 4 rings (SSSR count). The third kappa shape index (κ3) is 2.70. The number of ether oxygens (including phenoxy) is 4. The van der Waals surface area contributed by atoms with Crippen molar-refractivity contribution in [1.82, 2.24) is 0 Å². The van der Waals surface area contributed by atoms with Crippen molar-refractivity contribution in [2.24, 2.45) is 22.7 Å². The SMILES string of the molecule is CO[C@H]1O[C@@H](OC)[C@@](O)(CC[C@@]2(O)[C@H](C)C[C@H]3OC(=O)[C@@]4(C)CCC[C@@]2(C)[C@@H]34)[C@@H]1O. The first kappa shape index (κ1) is 22.4. The van der Waals surface area contributed by atoms with E-state index in [0.717, 1.165) is 19.3 Å². The second kappa shape index (κ2) is 7.12. The van der Waals surface area contributed by atoms with Crippen LogP contribution in [0.15, 0.2) is 0 Å². The van der Waals surface area contributed by atoms with Crippen molar-refractivity contribution in [2.45, 2.75) is 95.3 Å². The van der Waals surface area contributed by atoms with Gasteiger partial charge >= 0.3 is 5.97 Å². The van der Waals surface area contributed by atoms with Crippen molar-refractivity contribution in [2.75, 3.05) is 14.2 Å². The molecular weight excluding hydrogens is 392 g/mol. The predicted octanol–water partition coefficient (Wildman–Crippen LogP) is 1.34. The second-order valence-electron chi connectivity index (χ2n) is 10.4. The van der Waals surface area contributed by atoms with Crippen LogP contribution in [-0.2, 0) is 23.7 Å². The molecule has 0 amide bonds. The Hall–Kier alpha value is -0.770. The number of hydrogen-bond acceptors (Lipinski definition) is 8. The van der Waals surface area contributed by atoms with Gasteiger partial charge in [0.25, 0.3) is 0 Å². The lowest BCUT2D eigenvalue weighted by molar-refractivity contribution is -0.238. The maximum Gasteiger partial charge on any atom is 0.312 e. The van der Waals surface area contributed by atoms with E-state index in [1.165, 1.54) is 14.2 Å². The predicted molar refractivity (Wildman–Crippen MR) is 105 cm³/mol. The number of carbonyl (C=O) groups is 1. The lowest BCUT2D eigenvalue weighted by atomic mass is 9.44. The normalized spacial score (nSPS) is 55.4. The lowest BCUT2D eigenvalue weighted by Gasteiger charge is -2.61. The molecular formula is C22H36O8. The molecule has 8 heteroatoms. The number of methoxy groups -OCH3 is 2. The molecule has 0 aromatic carbocycles. The molecule has 172 valence electrons. The Morgan fingerprint density at radius 2 is 1.83 bits per heavy atom. The Morgan fingerprint density at radius 1 is 1.13 bits per heavy atom. The summed E-state index contributed by atoms with van der Waals surface area (Å²) in [5.74, 6) is -0.364. The van der Waals surface area contributed by atoms with Crippen LogP contribution in [0.1, 0.15) is 59.3 Å². The smallest absolute Gasteiger partial charge is 0.312 e. The summed E-state index contributed by atoms with van der Waals surface area (Å²) in [6.07, 6.45) is -0.257. The maximum absolute atomic E-state index is 12.7. The summed E-state index contributed by atoms with van der Waals surface area (Å²) >= 11 is 0. The van der Waals surface area contributed by atoms with E-state index in [2.05, 4.69) is 6.92 Å². The summed E-state index contributed by atoms with van der Waals surface area (Å²) in [5.41, 5.74) is -3.98. The summed E-state index contributed by atoms with van der Waals surface area (Å²) in [7, 11) is 2.79. The molecule has 0 aromatic heterocycles. The monoisotopic (exact) mass is 428 g/mol. The van der Waals surface area contributed by atoms with Crippen LogP contribution in [0.5, 0.6) is 0 Å². The molecule has 0 bridgehead atoms. The van der Waals surface area contributed by atoms with Crippen LogP contribution >= 0.6 is 0 Å². The quantitative estimate of drug-likeness (QED) is 0.562. The Kier molecular flexibility index (Phi) is 5.32. The minimum absolute atomic E-state index is 0.0724. The summed E-state index contributed by atoms with van der Waals surface area (Å²) in [6, 6.07) is 0. The van der Waals surface area contributed by atoms with E-state index in [4.69, 9.17) is 18.9 Å². The molecule has 0 unspecified atom stereocenters. The molecule has 10 atom stereocenters. The van der Waals surface area contributed by atoms with Crippen LogP contribution in [0.25, 0.3) is 0 Å². The van der Waals surface area contributed by atoms with E-state index in [9.17, 15) is 20.1 Å². The molecule has 2 aliphatic carbocycles. The first-order valence-corrected chi connectivity index (χ1v) is 11.0. The fourth-order valence-corrected chi connectivity index (χ4v) is 7.32. The minimum Gasteiger partial charge on any atom is -0.462 e. The van der Waals surface area contributed by atoms with Crippen molar-refractivity contribution >= 4 is 5.97 Å². The van der Waals surface area contributed by atoms with Crippen molar-refractivity contribution in [3.05, 3.63) is 0 Å². The van der Waals surface area contributed by atoms with E-state index >= 15 is 0 Å². The molecule has 2 saturated carbocycles. The number of carbonyl (C=O) groups excluding carboxylic acids is 1. The van der Waals surface area contributed by atoms with Crippen molar-refractivity contribution in [3.63, 3.8) is 0 Å². The molecule has 3 N–H and O–H groups in total. The molecule has 2 heterocycles. The van der Waals surface area contributed by atoms with Gasteiger partial charge in [0, 0.05) is 25.6 Å². The van der Waals surface area contributed by atoms with E-state index < -0.39 is 40.7 Å². The van der Waals surface area contributed by atoms with Gasteiger partial charge in [0.15, 0.2) is 12.6 Å². The van der Waals surface area contributed by atoms with Gasteiger partial charge in [-0.3, -0.25) is 4.79 Å². The molecule has 8 nitrogen and oxygen atoms in total. The molecule has 0 radical (unpaired) electrons. The van der Waals surface area contributed by atoms with Gasteiger partial charge < -0.3 is 34.3 Å². The Labute approximate surface area is 177 Å². The van der Waals surface area contributed by atoms with E-state index in [1.807, 2.05) is 13.8 Å². The zero-order valence-electron chi connectivity index (χ0n) is 18.6. The Balaban J connectivity index is 1.64. The van der Waals surface area contributed by atoms with Gasteiger partial charge in [0.05, 0.1) is 11.0 Å². The summed E-state index contributed by atoms with van der Waals surface area (Å²) in [6.45, 7) is 6.02. The number of rotatable bonds is 5. The third-order valence-corrected chi connectivity index (χ3v) is 9.04. The summed E-state index contributed by atoms with van der Waals surface area (Å²) in [5, 5.41) is 34.0. The van der Waals surface area contributed by atoms with Crippen molar-refractivity contribution < 1.29 is 39.1 Å². The molecule has 2 aliphatic heterocycles. The van der Waals surface area contributed by atoms with Crippen LogP contribution in [0.3, 0.4) is 0 Å². The van der Waals surface area contributed by atoms with Crippen LogP contribution in [-0.4, -0.2) is 71.5 Å². The second-order valence-corrected chi connectivity index (χ2v) is 10.4. The first-order valence-electron chi connectivity index (χ1n) is 11.0. The van der Waals surface area contributed by atoms with Gasteiger partial charge in [-0.25, -0.2) is 0 Å². The van der Waals surface area contributed by atoms with Gasteiger partial charge in [0.2, 0.25) is 0 Å². The van der Waals surface area contributed by atoms with Crippen LogP contribution in [0.2, 0.25) is 0 Å². The number of aliphatic hydroxyl groups excluding tert-OH is 1. The highest BCUT2D eigenvalue weighted by atomic mass is 16.8. The van der Waals surface area contributed by atoms with E-state index in [1.54, 1.807) is 0 Å². The summed E-state index contributed by atoms with van der Waals surface area (Å²) in [4.78, 5) is 12.7. The first-order chi connectivity index (χ1) is 14.0. The van der Waals surface area contributed by atoms with Crippen LogP contribution < -0.4 is 0 Å². The largest absolute Gasteiger partial charge is 0.462 e. The standard InChI is InChI=1S/C22H36O8/c1-12-11-13-14-19(2,17(24)29-13)7-6-8-20(14,3)22(12,26)10-9-21(25)15(23)16(27-4)30-18(21)28-5/h12-16,18,23,25-26H,6-11H2,1-5H3/t12-,13-,14+,15-,16+,18-,19+,20+,21-,22-/m1/s1. The fraction of sp³-hybridized carbons (Fsp3) is 0.955. The topological polar surface area (TPSA) is 115 Å². The van der Waals surface area contributed by atoms with Gasteiger partial charge in [-0.2, -0.15) is 0 Å². The number of hydrogen-bond donors (Lipinski definition) is 3. The highest BCUT2D eigenvalue weighted by Gasteiger charge is 2.71. The zero-order chi connectivity index (χ0) is 22.1. The van der Waals surface area contributed by atoms with Crippen molar-refractivity contribution in [3.8, 4) is 0 Å². The molecule has 30 heavy (non-hydrogen) atoms. The molecule has 4 fully saturated rings. The average molecular weight is 429 g/mol. The van der Waals surface area contributed by atoms with Crippen LogP contribution in [0.4, 0.5) is 0 Å². The Bertz CT molecular complexity index is 697. The third-order valence-electron chi connectivity index (χ3n) is 9.04. The van der Waals surface area contributed by atoms with Gasteiger partial charge in [-0.05, 0) is 44.9 Å². The van der Waals surface area contributed by atoms with Crippen molar-refractivity contribution in [1.29, 1.82) is 0 Å². The number of aliphatic hydroxyl groups is 3. The van der Waals surface area contributed by atoms with Gasteiger partial charge in [-0.15, -0.1) is 0 Å².